The van der Waals surface area contributed by atoms with Gasteiger partial charge in [0.2, 0.25) is 0 Å². The zero-order valence-electron chi connectivity index (χ0n) is 13.2. The van der Waals surface area contributed by atoms with Crippen molar-refractivity contribution in [2.24, 2.45) is 0 Å². The number of hydrogen-bond acceptors (Lipinski definition) is 4. The highest BCUT2D eigenvalue weighted by Gasteiger charge is 2.13. The van der Waals surface area contributed by atoms with Crippen molar-refractivity contribution in [3.05, 3.63) is 45.2 Å². The Morgan fingerprint density at radius 3 is 2.82 bits per heavy atom. The highest BCUT2D eigenvalue weighted by molar-refractivity contribution is 5.83. The van der Waals surface area contributed by atoms with E-state index >= 15 is 0 Å². The Morgan fingerprint density at radius 2 is 2.09 bits per heavy atom. The third kappa shape index (κ3) is 3.06. The van der Waals surface area contributed by atoms with Gasteiger partial charge in [0.1, 0.15) is 0 Å². The van der Waals surface area contributed by atoms with Crippen molar-refractivity contribution >= 4 is 10.9 Å². The van der Waals surface area contributed by atoms with Crippen molar-refractivity contribution in [2.75, 3.05) is 33.4 Å². The summed E-state index contributed by atoms with van der Waals surface area (Å²) >= 11 is 0. The number of morpholine rings is 1. The number of benzene rings is 1. The van der Waals surface area contributed by atoms with Crippen molar-refractivity contribution < 1.29 is 4.74 Å². The van der Waals surface area contributed by atoms with Crippen LogP contribution < -0.4 is 10.7 Å². The van der Waals surface area contributed by atoms with Crippen LogP contribution in [0.5, 0.6) is 0 Å². The molecule has 2 aromatic rings. The summed E-state index contributed by atoms with van der Waals surface area (Å²) in [4.78, 5) is 18.1. The zero-order chi connectivity index (χ0) is 15.5. The Hall–Kier alpha value is -1.69. The lowest BCUT2D eigenvalue weighted by Gasteiger charge is -2.27. The molecule has 0 bridgehead atoms. The van der Waals surface area contributed by atoms with Crippen LogP contribution in [0.3, 0.4) is 0 Å². The Labute approximate surface area is 130 Å². The van der Waals surface area contributed by atoms with E-state index < -0.39 is 0 Å². The number of aryl methyl sites for hydroxylation is 1. The predicted molar refractivity (Wildman–Crippen MR) is 88.2 cm³/mol. The fraction of sp³-hybridized carbons (Fsp3) is 0.471. The maximum Gasteiger partial charge on any atom is 0.192 e. The molecule has 1 aliphatic rings. The lowest BCUT2D eigenvalue weighted by Crippen LogP contribution is -2.35. The summed E-state index contributed by atoms with van der Waals surface area (Å²) in [6.45, 7) is 6.93. The van der Waals surface area contributed by atoms with Crippen LogP contribution in [0.15, 0.2) is 23.1 Å². The van der Waals surface area contributed by atoms with Crippen LogP contribution in [0.2, 0.25) is 0 Å². The van der Waals surface area contributed by atoms with Gasteiger partial charge in [0.05, 0.1) is 18.7 Å². The van der Waals surface area contributed by atoms with E-state index in [9.17, 15) is 4.79 Å². The molecule has 0 atom stereocenters. The number of H-pyrrole nitrogens is 1. The molecule has 0 saturated carbocycles. The first-order valence-electron chi connectivity index (χ1n) is 7.77. The molecular formula is C17H23N3O2. The predicted octanol–water partition coefficient (Wildman–Crippen LogP) is 1.39. The molecule has 1 aliphatic heterocycles. The van der Waals surface area contributed by atoms with Gasteiger partial charge < -0.3 is 15.0 Å². The van der Waals surface area contributed by atoms with E-state index in [1.54, 1.807) is 6.20 Å². The number of aromatic amines is 1. The number of pyridine rings is 1. The van der Waals surface area contributed by atoms with Crippen LogP contribution in [-0.2, 0) is 17.8 Å². The molecule has 0 aliphatic carbocycles. The lowest BCUT2D eigenvalue weighted by atomic mass is 10.0. The summed E-state index contributed by atoms with van der Waals surface area (Å²) in [5.74, 6) is 0. The van der Waals surface area contributed by atoms with Crippen LogP contribution in [0.25, 0.3) is 10.9 Å². The van der Waals surface area contributed by atoms with E-state index in [0.717, 1.165) is 61.4 Å². The average Bonchev–Trinajstić information content (AvgIpc) is 2.53. The molecule has 22 heavy (non-hydrogen) atoms. The van der Waals surface area contributed by atoms with Crippen molar-refractivity contribution in [2.45, 2.75) is 20.0 Å². The van der Waals surface area contributed by atoms with Crippen LogP contribution in [0.1, 0.15) is 16.7 Å². The van der Waals surface area contributed by atoms with E-state index in [1.165, 1.54) is 5.56 Å². The van der Waals surface area contributed by atoms with Crippen LogP contribution in [-0.4, -0.2) is 43.2 Å². The lowest BCUT2D eigenvalue weighted by molar-refractivity contribution is 0.0342. The van der Waals surface area contributed by atoms with E-state index in [4.69, 9.17) is 4.74 Å². The largest absolute Gasteiger partial charge is 0.379 e. The summed E-state index contributed by atoms with van der Waals surface area (Å²) < 4.78 is 5.40. The van der Waals surface area contributed by atoms with Gasteiger partial charge in [-0.05, 0) is 31.2 Å². The molecular weight excluding hydrogens is 278 g/mol. The third-order valence-electron chi connectivity index (χ3n) is 4.19. The molecule has 0 spiro atoms. The van der Waals surface area contributed by atoms with Gasteiger partial charge >= 0.3 is 0 Å². The third-order valence-corrected chi connectivity index (χ3v) is 4.19. The molecule has 0 amide bonds. The first kappa shape index (κ1) is 15.2. The number of nitrogens with zero attached hydrogens (tertiary/aromatic N) is 1. The molecule has 2 heterocycles. The van der Waals surface area contributed by atoms with E-state index in [1.807, 2.05) is 20.0 Å². The van der Waals surface area contributed by atoms with Crippen molar-refractivity contribution in [1.29, 1.82) is 0 Å². The van der Waals surface area contributed by atoms with Gasteiger partial charge in [0.25, 0.3) is 0 Å². The standard InChI is InChI=1S/C17H23N3O2/c1-12-9-19-16-14(10-18-2)7-13(8-15(16)17(12)21)11-20-3-5-22-6-4-20/h7-9,18H,3-6,10-11H2,1-2H3,(H,19,21). The second-order valence-electron chi connectivity index (χ2n) is 5.90. The summed E-state index contributed by atoms with van der Waals surface area (Å²) in [5.41, 5.74) is 4.15. The van der Waals surface area contributed by atoms with E-state index in [2.05, 4.69) is 21.3 Å². The number of fused-ring (bicyclic) bond motifs is 1. The summed E-state index contributed by atoms with van der Waals surface area (Å²) in [5, 5.41) is 3.97. The van der Waals surface area contributed by atoms with Gasteiger partial charge in [-0.25, -0.2) is 0 Å². The van der Waals surface area contributed by atoms with E-state index in [0.29, 0.717) is 0 Å². The molecule has 0 radical (unpaired) electrons. The van der Waals surface area contributed by atoms with Crippen LogP contribution >= 0.6 is 0 Å². The van der Waals surface area contributed by atoms with Gasteiger partial charge in [-0.1, -0.05) is 6.07 Å². The molecule has 1 aromatic carbocycles. The molecule has 118 valence electrons. The first-order valence-corrected chi connectivity index (χ1v) is 7.77. The Kier molecular flexibility index (Phi) is 4.57. The smallest absolute Gasteiger partial charge is 0.192 e. The minimum atomic E-state index is 0.120. The molecule has 1 saturated heterocycles. The Balaban J connectivity index is 2.02. The van der Waals surface area contributed by atoms with Gasteiger partial charge in [-0.3, -0.25) is 9.69 Å². The number of nitrogens with one attached hydrogen (secondary N) is 2. The Bertz CT molecular complexity index is 718. The highest BCUT2D eigenvalue weighted by atomic mass is 16.5. The van der Waals surface area contributed by atoms with E-state index in [-0.39, 0.29) is 5.43 Å². The second-order valence-corrected chi connectivity index (χ2v) is 5.90. The number of hydrogen-bond donors (Lipinski definition) is 2. The summed E-state index contributed by atoms with van der Waals surface area (Å²) in [6.07, 6.45) is 1.80. The molecule has 0 unspecified atom stereocenters. The minimum Gasteiger partial charge on any atom is -0.379 e. The van der Waals surface area contributed by atoms with Crippen molar-refractivity contribution in [3.8, 4) is 0 Å². The fourth-order valence-corrected chi connectivity index (χ4v) is 3.01. The molecule has 1 fully saturated rings. The normalized spacial score (nSPS) is 16.3. The SMILES string of the molecule is CNCc1cc(CN2CCOCC2)cc2c(=O)c(C)c[nH]c12. The number of aromatic nitrogens is 1. The monoisotopic (exact) mass is 301 g/mol. The number of rotatable bonds is 4. The van der Waals surface area contributed by atoms with Crippen molar-refractivity contribution in [3.63, 3.8) is 0 Å². The molecule has 2 N–H and O–H groups in total. The minimum absolute atomic E-state index is 0.120. The second kappa shape index (κ2) is 6.60. The van der Waals surface area contributed by atoms with Crippen LogP contribution in [0.4, 0.5) is 0 Å². The highest BCUT2D eigenvalue weighted by Crippen LogP contribution is 2.19. The van der Waals surface area contributed by atoms with Gasteiger partial charge in [-0.2, -0.15) is 0 Å². The maximum atomic E-state index is 12.5. The average molecular weight is 301 g/mol. The molecule has 3 rings (SSSR count). The van der Waals surface area contributed by atoms with Gasteiger partial charge in [-0.15, -0.1) is 0 Å². The van der Waals surface area contributed by atoms with Crippen LogP contribution in [0, 0.1) is 6.92 Å². The number of ether oxygens (including phenoxy) is 1. The van der Waals surface area contributed by atoms with Crippen molar-refractivity contribution in [1.82, 2.24) is 15.2 Å². The topological polar surface area (TPSA) is 57.4 Å². The molecule has 5 heteroatoms. The molecule has 1 aromatic heterocycles. The zero-order valence-corrected chi connectivity index (χ0v) is 13.2. The quantitative estimate of drug-likeness (QED) is 0.896. The van der Waals surface area contributed by atoms with Gasteiger partial charge in [0.15, 0.2) is 5.43 Å². The maximum absolute atomic E-state index is 12.5. The fourth-order valence-electron chi connectivity index (χ4n) is 3.01. The molecule has 5 nitrogen and oxygen atoms in total. The summed E-state index contributed by atoms with van der Waals surface area (Å²) in [6, 6.07) is 4.23. The Morgan fingerprint density at radius 1 is 1.32 bits per heavy atom. The first-order chi connectivity index (χ1) is 10.7. The summed E-state index contributed by atoms with van der Waals surface area (Å²) in [7, 11) is 1.92. The van der Waals surface area contributed by atoms with Gasteiger partial charge in [0, 0.05) is 43.3 Å².